The normalized spacial score (nSPS) is 11.9. The van der Waals surface area contributed by atoms with Gasteiger partial charge in [0, 0.05) is 13.1 Å². The fraction of sp³-hybridized carbons (Fsp3) is 0.333. The van der Waals surface area contributed by atoms with E-state index in [1.54, 1.807) is 49.4 Å². The number of halogens is 2. The minimum Gasteiger partial charge on any atom is -0.497 e. The number of carbonyl (C=O) groups is 2. The molecule has 0 saturated heterocycles. The summed E-state index contributed by atoms with van der Waals surface area (Å²) in [5, 5.41) is 2.59. The molecule has 0 aliphatic rings. The summed E-state index contributed by atoms with van der Waals surface area (Å²) in [6.07, 6.45) is 1.96. The Morgan fingerprint density at radius 3 is 2.39 bits per heavy atom. The number of anilines is 1. The molecule has 0 aliphatic heterocycles. The molecule has 0 spiro atoms. The van der Waals surface area contributed by atoms with Gasteiger partial charge in [-0.1, -0.05) is 62.2 Å². The van der Waals surface area contributed by atoms with Gasteiger partial charge >= 0.3 is 0 Å². The summed E-state index contributed by atoms with van der Waals surface area (Å²) < 4.78 is 47.8. The number of hydrogen-bond donors (Lipinski definition) is 1. The van der Waals surface area contributed by atoms with Gasteiger partial charge in [-0.2, -0.15) is 0 Å². The zero-order valence-electron chi connectivity index (χ0n) is 23.3. The lowest BCUT2D eigenvalue weighted by molar-refractivity contribution is -0.140. The van der Waals surface area contributed by atoms with E-state index in [9.17, 15) is 22.4 Å². The van der Waals surface area contributed by atoms with Gasteiger partial charge in [-0.05, 0) is 60.9 Å². The van der Waals surface area contributed by atoms with Crippen LogP contribution in [0.2, 0.25) is 5.02 Å². The highest BCUT2D eigenvalue weighted by Gasteiger charge is 2.33. The van der Waals surface area contributed by atoms with E-state index in [1.807, 2.05) is 6.92 Å². The SMILES string of the molecule is CCCCNC(=O)[C@@H](CC)N(Cc1cccc(OC)c1)C(=O)CN(c1ccc(F)c(Cl)c1)S(=O)(=O)c1ccccc1. The van der Waals surface area contributed by atoms with Crippen molar-refractivity contribution in [2.45, 2.75) is 50.6 Å². The minimum absolute atomic E-state index is 0.00961. The fourth-order valence-electron chi connectivity index (χ4n) is 4.28. The molecule has 8 nitrogen and oxygen atoms in total. The van der Waals surface area contributed by atoms with E-state index in [-0.39, 0.29) is 28.1 Å². The van der Waals surface area contributed by atoms with Gasteiger partial charge in [-0.25, -0.2) is 12.8 Å². The van der Waals surface area contributed by atoms with Crippen molar-refractivity contribution < 1.29 is 27.1 Å². The van der Waals surface area contributed by atoms with Crippen LogP contribution in [0, 0.1) is 5.82 Å². The smallest absolute Gasteiger partial charge is 0.264 e. The molecule has 0 aromatic heterocycles. The van der Waals surface area contributed by atoms with Crippen molar-refractivity contribution in [1.29, 1.82) is 0 Å². The number of benzene rings is 3. The Balaban J connectivity index is 2.05. The number of carbonyl (C=O) groups excluding carboxylic acids is 2. The summed E-state index contributed by atoms with van der Waals surface area (Å²) in [5.41, 5.74) is 0.704. The standard InChI is InChI=1S/C30H35ClFN3O5S/c1-4-6-17-33-30(37)28(5-2)34(20-22-11-10-12-24(18-22)40-3)29(36)21-35(23-15-16-27(32)26(31)19-23)41(38,39)25-13-8-7-9-14-25/h7-16,18-19,28H,4-6,17,20-21H2,1-3H3,(H,33,37)/t28-/m1/s1. The summed E-state index contributed by atoms with van der Waals surface area (Å²) in [6, 6.07) is 17.3. The number of methoxy groups -OCH3 is 1. The lowest BCUT2D eigenvalue weighted by Crippen LogP contribution is -2.52. The molecular formula is C30H35ClFN3O5S. The Labute approximate surface area is 246 Å². The number of ether oxygens (including phenoxy) is 1. The van der Waals surface area contributed by atoms with Crippen LogP contribution in [-0.2, 0) is 26.2 Å². The number of rotatable bonds is 14. The predicted octanol–water partition coefficient (Wildman–Crippen LogP) is 5.41. The molecule has 11 heteroatoms. The van der Waals surface area contributed by atoms with E-state index < -0.39 is 34.3 Å². The molecule has 3 rings (SSSR count). The first-order valence-corrected chi connectivity index (χ1v) is 15.2. The summed E-state index contributed by atoms with van der Waals surface area (Å²) in [7, 11) is -2.76. The first kappa shape index (κ1) is 31.9. The zero-order chi connectivity index (χ0) is 30.0. The molecule has 0 aliphatic carbocycles. The van der Waals surface area contributed by atoms with Gasteiger partial charge in [0.05, 0.1) is 22.7 Å². The monoisotopic (exact) mass is 603 g/mol. The number of hydrogen-bond acceptors (Lipinski definition) is 5. The van der Waals surface area contributed by atoms with E-state index in [0.717, 1.165) is 29.3 Å². The first-order valence-electron chi connectivity index (χ1n) is 13.3. The summed E-state index contributed by atoms with van der Waals surface area (Å²) in [4.78, 5) is 28.6. The second-order valence-corrected chi connectivity index (χ2v) is 11.6. The number of nitrogens with zero attached hydrogens (tertiary/aromatic N) is 2. The van der Waals surface area contributed by atoms with Crippen LogP contribution in [0.1, 0.15) is 38.7 Å². The molecule has 0 heterocycles. The van der Waals surface area contributed by atoms with Gasteiger partial charge in [0.25, 0.3) is 10.0 Å². The van der Waals surface area contributed by atoms with E-state index >= 15 is 0 Å². The average molecular weight is 604 g/mol. The highest BCUT2D eigenvalue weighted by Crippen LogP contribution is 2.28. The number of unbranched alkanes of at least 4 members (excludes halogenated alkanes) is 1. The predicted molar refractivity (Wildman–Crippen MR) is 158 cm³/mol. The third kappa shape index (κ3) is 8.20. The molecule has 0 unspecified atom stereocenters. The molecule has 2 amide bonds. The molecule has 41 heavy (non-hydrogen) atoms. The van der Waals surface area contributed by atoms with Gasteiger partial charge < -0.3 is 15.0 Å². The summed E-state index contributed by atoms with van der Waals surface area (Å²) >= 11 is 6.01. The Morgan fingerprint density at radius 2 is 1.76 bits per heavy atom. The van der Waals surface area contributed by atoms with Crippen LogP contribution in [0.15, 0.2) is 77.7 Å². The van der Waals surface area contributed by atoms with Crippen LogP contribution < -0.4 is 14.4 Å². The molecule has 1 atom stereocenters. The van der Waals surface area contributed by atoms with Gasteiger partial charge in [-0.3, -0.25) is 13.9 Å². The summed E-state index contributed by atoms with van der Waals surface area (Å²) in [6.45, 7) is 3.62. The minimum atomic E-state index is -4.28. The molecule has 0 radical (unpaired) electrons. The van der Waals surface area contributed by atoms with Crippen molar-refractivity contribution in [3.63, 3.8) is 0 Å². The topological polar surface area (TPSA) is 96.0 Å². The van der Waals surface area contributed by atoms with Crippen molar-refractivity contribution in [2.24, 2.45) is 0 Å². The molecule has 1 N–H and O–H groups in total. The largest absolute Gasteiger partial charge is 0.497 e. The average Bonchev–Trinajstić information content (AvgIpc) is 2.97. The van der Waals surface area contributed by atoms with Gasteiger partial charge in [-0.15, -0.1) is 0 Å². The lowest BCUT2D eigenvalue weighted by Gasteiger charge is -2.33. The zero-order valence-corrected chi connectivity index (χ0v) is 24.9. The maximum Gasteiger partial charge on any atom is 0.264 e. The fourth-order valence-corrected chi connectivity index (χ4v) is 5.88. The van der Waals surface area contributed by atoms with E-state index in [4.69, 9.17) is 16.3 Å². The Bertz CT molecular complexity index is 1440. The van der Waals surface area contributed by atoms with Gasteiger partial charge in [0.15, 0.2) is 0 Å². The third-order valence-electron chi connectivity index (χ3n) is 6.50. The second-order valence-electron chi connectivity index (χ2n) is 9.36. The van der Waals surface area contributed by atoms with Crippen molar-refractivity contribution in [1.82, 2.24) is 10.2 Å². The van der Waals surface area contributed by atoms with Crippen LogP contribution >= 0.6 is 11.6 Å². The molecule has 3 aromatic rings. The van der Waals surface area contributed by atoms with E-state index in [1.165, 1.54) is 30.2 Å². The lowest BCUT2D eigenvalue weighted by atomic mass is 10.1. The highest BCUT2D eigenvalue weighted by atomic mass is 35.5. The Morgan fingerprint density at radius 1 is 1.02 bits per heavy atom. The molecule has 220 valence electrons. The van der Waals surface area contributed by atoms with Crippen LogP contribution in [-0.4, -0.2) is 51.4 Å². The Kier molecular flexibility index (Phi) is 11.5. The van der Waals surface area contributed by atoms with Crippen LogP contribution in [0.3, 0.4) is 0 Å². The van der Waals surface area contributed by atoms with Crippen LogP contribution in [0.25, 0.3) is 0 Å². The van der Waals surface area contributed by atoms with E-state index in [2.05, 4.69) is 5.32 Å². The number of nitrogens with one attached hydrogen (secondary N) is 1. The maximum absolute atomic E-state index is 14.1. The highest BCUT2D eigenvalue weighted by molar-refractivity contribution is 7.92. The maximum atomic E-state index is 14.1. The van der Waals surface area contributed by atoms with Crippen molar-refractivity contribution >= 4 is 39.1 Å². The van der Waals surface area contributed by atoms with Crippen molar-refractivity contribution in [3.05, 3.63) is 89.2 Å². The third-order valence-corrected chi connectivity index (χ3v) is 8.58. The first-order chi connectivity index (χ1) is 19.6. The molecule has 3 aromatic carbocycles. The molecule has 0 saturated carbocycles. The van der Waals surface area contributed by atoms with E-state index in [0.29, 0.717) is 24.3 Å². The quantitative estimate of drug-likeness (QED) is 0.249. The number of amides is 2. The van der Waals surface area contributed by atoms with Gasteiger partial charge in [0.2, 0.25) is 11.8 Å². The molecule has 0 bridgehead atoms. The molecular weight excluding hydrogens is 569 g/mol. The van der Waals surface area contributed by atoms with Gasteiger partial charge in [0.1, 0.15) is 24.2 Å². The van der Waals surface area contributed by atoms with Crippen LogP contribution in [0.4, 0.5) is 10.1 Å². The number of sulfonamides is 1. The van der Waals surface area contributed by atoms with Crippen molar-refractivity contribution in [2.75, 3.05) is 24.5 Å². The second kappa shape index (κ2) is 14.8. The summed E-state index contributed by atoms with van der Waals surface area (Å²) in [5.74, 6) is -1.11. The molecule has 0 fully saturated rings. The Hall–Kier alpha value is -3.63. The van der Waals surface area contributed by atoms with Crippen LogP contribution in [0.5, 0.6) is 5.75 Å². The van der Waals surface area contributed by atoms with Crippen molar-refractivity contribution in [3.8, 4) is 5.75 Å².